The van der Waals surface area contributed by atoms with Gasteiger partial charge in [-0.25, -0.2) is 4.98 Å². The van der Waals surface area contributed by atoms with Gasteiger partial charge < -0.3 is 5.32 Å². The van der Waals surface area contributed by atoms with Gasteiger partial charge in [0, 0.05) is 18.1 Å². The third-order valence-corrected chi connectivity index (χ3v) is 1.95. The normalized spacial score (nSPS) is 10.5. The molecule has 1 aromatic rings. The standard InChI is InChI=1S/C7H13N3S/c1-5(2)4-8-7-9-6(3)10-11-7/h5H,4H2,1-3H3,(H,8,9,10). The zero-order chi connectivity index (χ0) is 8.27. The van der Waals surface area contributed by atoms with E-state index in [0.717, 1.165) is 17.5 Å². The van der Waals surface area contributed by atoms with E-state index < -0.39 is 0 Å². The summed E-state index contributed by atoms with van der Waals surface area (Å²) in [6.45, 7) is 7.20. The van der Waals surface area contributed by atoms with Crippen LogP contribution in [0.15, 0.2) is 0 Å². The molecule has 3 nitrogen and oxygen atoms in total. The van der Waals surface area contributed by atoms with Gasteiger partial charge in [-0.05, 0) is 12.8 Å². The Hall–Kier alpha value is -0.640. The van der Waals surface area contributed by atoms with Crippen LogP contribution in [0.5, 0.6) is 0 Å². The van der Waals surface area contributed by atoms with Crippen molar-refractivity contribution in [1.82, 2.24) is 9.36 Å². The van der Waals surface area contributed by atoms with Crippen LogP contribution in [0.2, 0.25) is 0 Å². The van der Waals surface area contributed by atoms with Crippen molar-refractivity contribution in [1.29, 1.82) is 0 Å². The molecule has 0 bridgehead atoms. The summed E-state index contributed by atoms with van der Waals surface area (Å²) in [7, 11) is 0. The van der Waals surface area contributed by atoms with Gasteiger partial charge in [0.05, 0.1) is 0 Å². The molecule has 0 unspecified atom stereocenters. The minimum Gasteiger partial charge on any atom is -0.360 e. The Labute approximate surface area is 71.0 Å². The highest BCUT2D eigenvalue weighted by Crippen LogP contribution is 2.10. The van der Waals surface area contributed by atoms with Gasteiger partial charge in [-0.3, -0.25) is 0 Å². The quantitative estimate of drug-likeness (QED) is 0.755. The van der Waals surface area contributed by atoms with Gasteiger partial charge in [0.25, 0.3) is 0 Å². The highest BCUT2D eigenvalue weighted by Gasteiger charge is 1.99. The van der Waals surface area contributed by atoms with E-state index in [1.165, 1.54) is 11.5 Å². The van der Waals surface area contributed by atoms with Gasteiger partial charge in [0.1, 0.15) is 5.82 Å². The van der Waals surface area contributed by atoms with Crippen molar-refractivity contribution in [2.45, 2.75) is 20.8 Å². The third-order valence-electron chi connectivity index (χ3n) is 1.19. The molecule has 1 rings (SSSR count). The van der Waals surface area contributed by atoms with Crippen LogP contribution in [0.1, 0.15) is 19.7 Å². The van der Waals surface area contributed by atoms with E-state index in [9.17, 15) is 0 Å². The molecule has 1 heterocycles. The zero-order valence-corrected chi connectivity index (χ0v) is 7.90. The van der Waals surface area contributed by atoms with E-state index >= 15 is 0 Å². The fourth-order valence-electron chi connectivity index (χ4n) is 0.660. The fourth-order valence-corrected chi connectivity index (χ4v) is 1.24. The Morgan fingerprint density at radius 3 is 2.73 bits per heavy atom. The Balaban J connectivity index is 2.39. The monoisotopic (exact) mass is 171 g/mol. The molecule has 11 heavy (non-hydrogen) atoms. The average Bonchev–Trinajstić information content (AvgIpc) is 2.31. The highest BCUT2D eigenvalue weighted by atomic mass is 32.1. The second kappa shape index (κ2) is 3.67. The molecule has 1 aromatic heterocycles. The lowest BCUT2D eigenvalue weighted by atomic mass is 10.2. The molecule has 0 amide bonds. The third kappa shape index (κ3) is 2.84. The molecule has 0 aliphatic heterocycles. The van der Waals surface area contributed by atoms with Gasteiger partial charge in [-0.1, -0.05) is 13.8 Å². The van der Waals surface area contributed by atoms with E-state index in [-0.39, 0.29) is 0 Å². The van der Waals surface area contributed by atoms with Crippen LogP contribution < -0.4 is 5.32 Å². The number of hydrogen-bond donors (Lipinski definition) is 1. The molecule has 0 aliphatic carbocycles. The second-order valence-electron chi connectivity index (χ2n) is 2.92. The van der Waals surface area contributed by atoms with Crippen LogP contribution in [0.3, 0.4) is 0 Å². The summed E-state index contributed by atoms with van der Waals surface area (Å²) in [5.41, 5.74) is 0. The average molecular weight is 171 g/mol. The van der Waals surface area contributed by atoms with Gasteiger partial charge in [0.2, 0.25) is 5.13 Å². The van der Waals surface area contributed by atoms with Crippen LogP contribution in [-0.4, -0.2) is 15.9 Å². The minimum absolute atomic E-state index is 0.652. The summed E-state index contributed by atoms with van der Waals surface area (Å²) < 4.78 is 4.06. The Kier molecular flexibility index (Phi) is 2.82. The summed E-state index contributed by atoms with van der Waals surface area (Å²) in [5, 5.41) is 4.14. The summed E-state index contributed by atoms with van der Waals surface area (Å²) >= 11 is 1.42. The van der Waals surface area contributed by atoms with Crippen LogP contribution in [0.25, 0.3) is 0 Å². The van der Waals surface area contributed by atoms with E-state index in [1.54, 1.807) is 0 Å². The molecule has 62 valence electrons. The smallest absolute Gasteiger partial charge is 0.202 e. The van der Waals surface area contributed by atoms with Crippen LogP contribution in [0, 0.1) is 12.8 Å². The molecule has 4 heteroatoms. The number of nitrogens with one attached hydrogen (secondary N) is 1. The summed E-state index contributed by atoms with van der Waals surface area (Å²) in [4.78, 5) is 4.18. The number of rotatable bonds is 3. The van der Waals surface area contributed by atoms with Crippen molar-refractivity contribution in [3.8, 4) is 0 Å². The molecule has 1 N–H and O–H groups in total. The molecule has 0 aromatic carbocycles. The molecule has 0 atom stereocenters. The first kappa shape index (κ1) is 8.46. The van der Waals surface area contributed by atoms with E-state index in [4.69, 9.17) is 0 Å². The lowest BCUT2D eigenvalue weighted by Crippen LogP contribution is -2.07. The van der Waals surface area contributed by atoms with Crippen LogP contribution in [-0.2, 0) is 0 Å². The van der Waals surface area contributed by atoms with Gasteiger partial charge in [-0.2, -0.15) is 4.37 Å². The Morgan fingerprint density at radius 2 is 2.27 bits per heavy atom. The largest absolute Gasteiger partial charge is 0.360 e. The summed E-state index contributed by atoms with van der Waals surface area (Å²) in [6, 6.07) is 0. The number of aryl methyl sites for hydroxylation is 1. The Bertz CT molecular complexity index is 219. The first-order chi connectivity index (χ1) is 5.18. The minimum atomic E-state index is 0.652. The maximum Gasteiger partial charge on any atom is 0.202 e. The first-order valence-electron chi connectivity index (χ1n) is 3.72. The lowest BCUT2D eigenvalue weighted by Gasteiger charge is -2.03. The predicted octanol–water partition coefficient (Wildman–Crippen LogP) is 1.91. The molecular formula is C7H13N3S. The summed E-state index contributed by atoms with van der Waals surface area (Å²) in [6.07, 6.45) is 0. The van der Waals surface area contributed by atoms with Crippen molar-refractivity contribution in [3.63, 3.8) is 0 Å². The lowest BCUT2D eigenvalue weighted by molar-refractivity contribution is 0.688. The SMILES string of the molecule is Cc1nsc(NCC(C)C)n1. The molecule has 0 radical (unpaired) electrons. The van der Waals surface area contributed by atoms with Crippen LogP contribution >= 0.6 is 11.5 Å². The van der Waals surface area contributed by atoms with Crippen molar-refractivity contribution < 1.29 is 0 Å². The van der Waals surface area contributed by atoms with Gasteiger partial charge in [-0.15, -0.1) is 0 Å². The molecule has 0 fully saturated rings. The zero-order valence-electron chi connectivity index (χ0n) is 7.09. The maximum absolute atomic E-state index is 4.18. The van der Waals surface area contributed by atoms with Crippen molar-refractivity contribution in [2.75, 3.05) is 11.9 Å². The molecule has 0 aliphatic rings. The second-order valence-corrected chi connectivity index (χ2v) is 3.67. The maximum atomic E-state index is 4.18. The number of hydrogen-bond acceptors (Lipinski definition) is 4. The van der Waals surface area contributed by atoms with E-state index in [1.807, 2.05) is 6.92 Å². The van der Waals surface area contributed by atoms with Crippen molar-refractivity contribution in [3.05, 3.63) is 5.82 Å². The fraction of sp³-hybridized carbons (Fsp3) is 0.714. The summed E-state index contributed by atoms with van der Waals surface area (Å²) in [5.74, 6) is 1.50. The molecule has 0 saturated heterocycles. The topological polar surface area (TPSA) is 37.8 Å². The van der Waals surface area contributed by atoms with E-state index in [2.05, 4.69) is 28.5 Å². The van der Waals surface area contributed by atoms with Crippen molar-refractivity contribution >= 4 is 16.7 Å². The molecule has 0 spiro atoms. The number of nitrogens with zero attached hydrogens (tertiary/aromatic N) is 2. The number of aromatic nitrogens is 2. The van der Waals surface area contributed by atoms with Gasteiger partial charge >= 0.3 is 0 Å². The predicted molar refractivity (Wildman–Crippen MR) is 48.0 cm³/mol. The Morgan fingerprint density at radius 1 is 1.55 bits per heavy atom. The van der Waals surface area contributed by atoms with E-state index in [0.29, 0.717) is 5.92 Å². The molecule has 0 saturated carbocycles. The van der Waals surface area contributed by atoms with Gasteiger partial charge in [0.15, 0.2) is 0 Å². The number of anilines is 1. The van der Waals surface area contributed by atoms with Crippen molar-refractivity contribution in [2.24, 2.45) is 5.92 Å². The first-order valence-corrected chi connectivity index (χ1v) is 4.50. The van der Waals surface area contributed by atoms with Crippen LogP contribution in [0.4, 0.5) is 5.13 Å². The molecular weight excluding hydrogens is 158 g/mol. The highest BCUT2D eigenvalue weighted by molar-refractivity contribution is 7.09.